The molecule has 2 aromatic rings. The van der Waals surface area contributed by atoms with E-state index in [0.29, 0.717) is 5.13 Å². The summed E-state index contributed by atoms with van der Waals surface area (Å²) < 4.78 is 12.8. The maximum absolute atomic E-state index is 12.8. The molecule has 3 nitrogen and oxygen atoms in total. The van der Waals surface area contributed by atoms with Gasteiger partial charge in [0.1, 0.15) is 5.82 Å². The van der Waals surface area contributed by atoms with Gasteiger partial charge in [-0.1, -0.05) is 23.5 Å². The van der Waals surface area contributed by atoms with E-state index in [1.165, 1.54) is 23.5 Å². The Kier molecular flexibility index (Phi) is 3.28. The lowest BCUT2D eigenvalue weighted by Crippen LogP contribution is -2.06. The summed E-state index contributed by atoms with van der Waals surface area (Å²) in [6.07, 6.45) is 0. The van der Waals surface area contributed by atoms with E-state index in [-0.39, 0.29) is 17.7 Å². The Hall–Kier alpha value is -1.62. The first-order chi connectivity index (χ1) is 8.06. The predicted octanol–water partition coefficient (Wildman–Crippen LogP) is 3.47. The molecule has 1 aromatic carbocycles. The van der Waals surface area contributed by atoms with Gasteiger partial charge in [0.05, 0.1) is 10.9 Å². The van der Waals surface area contributed by atoms with Gasteiger partial charge >= 0.3 is 0 Å². The van der Waals surface area contributed by atoms with Gasteiger partial charge in [-0.25, -0.2) is 4.39 Å². The molecule has 5 heteroatoms. The van der Waals surface area contributed by atoms with Crippen LogP contribution in [-0.2, 0) is 0 Å². The molecule has 0 saturated heterocycles. The summed E-state index contributed by atoms with van der Waals surface area (Å²) in [6.45, 7) is 3.77. The zero-order valence-electron chi connectivity index (χ0n) is 9.57. The first-order valence-corrected chi connectivity index (χ1v) is 6.06. The number of nitrogens with zero attached hydrogens (tertiary/aromatic N) is 1. The number of halogens is 1. The summed E-state index contributed by atoms with van der Waals surface area (Å²) >= 11 is 1.39. The highest BCUT2D eigenvalue weighted by atomic mass is 32.1. The first kappa shape index (κ1) is 11.9. The van der Waals surface area contributed by atoms with Crippen LogP contribution in [-0.4, -0.2) is 10.1 Å². The minimum absolute atomic E-state index is 0.0144. The molecule has 0 aliphatic carbocycles. The van der Waals surface area contributed by atoms with Crippen LogP contribution in [0.3, 0.4) is 0 Å². The summed E-state index contributed by atoms with van der Waals surface area (Å²) in [5.41, 5.74) is 0.971. The summed E-state index contributed by atoms with van der Waals surface area (Å²) in [5.74, 6) is -0.188. The van der Waals surface area contributed by atoms with Crippen molar-refractivity contribution in [2.24, 2.45) is 0 Å². The topological polar surface area (TPSA) is 45.2 Å². The van der Waals surface area contributed by atoms with Crippen molar-refractivity contribution in [2.45, 2.75) is 19.9 Å². The molecule has 2 N–H and O–H groups in total. The van der Waals surface area contributed by atoms with Gasteiger partial charge in [0.2, 0.25) is 5.88 Å². The summed E-state index contributed by atoms with van der Waals surface area (Å²) in [7, 11) is 0. The van der Waals surface area contributed by atoms with Gasteiger partial charge < -0.3 is 10.4 Å². The molecule has 1 heterocycles. The lowest BCUT2D eigenvalue weighted by molar-refractivity contribution is 0.454. The van der Waals surface area contributed by atoms with E-state index in [2.05, 4.69) is 10.3 Å². The molecule has 1 aromatic heterocycles. The van der Waals surface area contributed by atoms with Gasteiger partial charge in [0.25, 0.3) is 0 Å². The minimum atomic E-state index is -0.247. The second kappa shape index (κ2) is 4.71. The highest BCUT2D eigenvalue weighted by molar-refractivity contribution is 7.15. The number of anilines is 1. The molecule has 17 heavy (non-hydrogen) atoms. The number of aryl methyl sites for hydroxylation is 1. The van der Waals surface area contributed by atoms with E-state index in [1.807, 2.05) is 6.92 Å². The zero-order valence-corrected chi connectivity index (χ0v) is 10.4. The molecule has 0 amide bonds. The minimum Gasteiger partial charge on any atom is -0.492 e. The van der Waals surface area contributed by atoms with Gasteiger partial charge in [-0.05, 0) is 31.5 Å². The number of aromatic nitrogens is 1. The molecule has 0 fully saturated rings. The van der Waals surface area contributed by atoms with Gasteiger partial charge in [0, 0.05) is 0 Å². The van der Waals surface area contributed by atoms with Gasteiger partial charge in [-0.15, -0.1) is 0 Å². The Bertz CT molecular complexity index is 490. The van der Waals surface area contributed by atoms with Crippen molar-refractivity contribution < 1.29 is 9.50 Å². The molecule has 0 unspecified atom stereocenters. The van der Waals surface area contributed by atoms with Crippen molar-refractivity contribution in [3.05, 3.63) is 40.5 Å². The van der Waals surface area contributed by atoms with Crippen LogP contribution >= 0.6 is 11.3 Å². The van der Waals surface area contributed by atoms with Crippen LogP contribution in [0.5, 0.6) is 5.88 Å². The smallest absolute Gasteiger partial charge is 0.226 e. The largest absolute Gasteiger partial charge is 0.492 e. The second-order valence-corrected chi connectivity index (χ2v) is 5.02. The van der Waals surface area contributed by atoms with Gasteiger partial charge in [-0.2, -0.15) is 4.98 Å². The Balaban J connectivity index is 2.11. The molecular formula is C12H13FN2OS. The van der Waals surface area contributed by atoms with Crippen LogP contribution in [0.15, 0.2) is 24.3 Å². The van der Waals surface area contributed by atoms with Crippen LogP contribution in [0.2, 0.25) is 0 Å². The fourth-order valence-corrected chi connectivity index (χ4v) is 2.26. The zero-order chi connectivity index (χ0) is 12.4. The molecule has 2 rings (SSSR count). The molecule has 90 valence electrons. The average molecular weight is 252 g/mol. The van der Waals surface area contributed by atoms with Crippen LogP contribution < -0.4 is 5.32 Å². The number of thiazole rings is 1. The van der Waals surface area contributed by atoms with Crippen molar-refractivity contribution in [3.8, 4) is 5.88 Å². The Labute approximate surface area is 103 Å². The monoisotopic (exact) mass is 252 g/mol. The first-order valence-electron chi connectivity index (χ1n) is 5.24. The van der Waals surface area contributed by atoms with Crippen molar-refractivity contribution >= 4 is 16.5 Å². The quantitative estimate of drug-likeness (QED) is 0.879. The normalized spacial score (nSPS) is 12.4. The summed E-state index contributed by atoms with van der Waals surface area (Å²) in [6, 6.07) is 6.33. The van der Waals surface area contributed by atoms with E-state index in [0.717, 1.165) is 10.4 Å². The molecular weight excluding hydrogens is 239 g/mol. The molecule has 0 radical (unpaired) electrons. The maximum atomic E-state index is 12.8. The second-order valence-electron chi connectivity index (χ2n) is 3.82. The summed E-state index contributed by atoms with van der Waals surface area (Å²) in [4.78, 5) is 4.76. The maximum Gasteiger partial charge on any atom is 0.226 e. The van der Waals surface area contributed by atoms with Crippen LogP contribution in [0.4, 0.5) is 9.52 Å². The SMILES string of the molecule is Cc1sc(N[C@@H](C)c2ccc(F)cc2)nc1O. The highest BCUT2D eigenvalue weighted by Crippen LogP contribution is 2.29. The fourth-order valence-electron chi connectivity index (χ4n) is 1.47. The molecule has 1 atom stereocenters. The van der Waals surface area contributed by atoms with Gasteiger partial charge in [-0.3, -0.25) is 0 Å². The van der Waals surface area contributed by atoms with E-state index < -0.39 is 0 Å². The van der Waals surface area contributed by atoms with Crippen LogP contribution in [0, 0.1) is 12.7 Å². The predicted molar refractivity (Wildman–Crippen MR) is 67.0 cm³/mol. The Morgan fingerprint density at radius 1 is 1.35 bits per heavy atom. The molecule has 0 spiro atoms. The number of rotatable bonds is 3. The van der Waals surface area contributed by atoms with Crippen molar-refractivity contribution in [3.63, 3.8) is 0 Å². The van der Waals surface area contributed by atoms with E-state index >= 15 is 0 Å². The van der Waals surface area contributed by atoms with Gasteiger partial charge in [0.15, 0.2) is 5.13 Å². The number of hydrogen-bond donors (Lipinski definition) is 2. The van der Waals surface area contributed by atoms with Crippen molar-refractivity contribution in [1.29, 1.82) is 0 Å². The third kappa shape index (κ3) is 2.74. The van der Waals surface area contributed by atoms with Crippen molar-refractivity contribution in [1.82, 2.24) is 4.98 Å². The molecule has 0 bridgehead atoms. The molecule has 0 saturated carbocycles. The third-order valence-electron chi connectivity index (χ3n) is 2.48. The number of aromatic hydroxyl groups is 1. The van der Waals surface area contributed by atoms with Crippen LogP contribution in [0.1, 0.15) is 23.4 Å². The highest BCUT2D eigenvalue weighted by Gasteiger charge is 2.10. The lowest BCUT2D eigenvalue weighted by atomic mass is 10.1. The summed E-state index contributed by atoms with van der Waals surface area (Å²) in [5, 5.41) is 13.2. The van der Waals surface area contributed by atoms with E-state index in [1.54, 1.807) is 19.1 Å². The lowest BCUT2D eigenvalue weighted by Gasteiger charge is -2.12. The van der Waals surface area contributed by atoms with Crippen molar-refractivity contribution in [2.75, 3.05) is 5.32 Å². The van der Waals surface area contributed by atoms with Crippen LogP contribution in [0.25, 0.3) is 0 Å². The number of benzene rings is 1. The fraction of sp³-hybridized carbons (Fsp3) is 0.250. The standard InChI is InChI=1S/C12H13FN2OS/c1-7(9-3-5-10(13)6-4-9)14-12-15-11(16)8(2)17-12/h3-7,16H,1-2H3,(H,14,15)/t7-/m0/s1. The Morgan fingerprint density at radius 3 is 2.53 bits per heavy atom. The van der Waals surface area contributed by atoms with E-state index in [9.17, 15) is 9.50 Å². The Morgan fingerprint density at radius 2 is 2.00 bits per heavy atom. The average Bonchev–Trinajstić information content (AvgIpc) is 2.58. The number of nitrogens with one attached hydrogen (secondary N) is 1. The third-order valence-corrected chi connectivity index (χ3v) is 3.37. The van der Waals surface area contributed by atoms with E-state index in [4.69, 9.17) is 0 Å². The molecule has 0 aliphatic rings. The molecule has 0 aliphatic heterocycles. The number of hydrogen-bond acceptors (Lipinski definition) is 4.